The number of rotatable bonds is 9. The van der Waals surface area contributed by atoms with E-state index >= 15 is 4.39 Å². The molecule has 2 aromatic carbocycles. The Labute approximate surface area is 217 Å². The van der Waals surface area contributed by atoms with Crippen molar-refractivity contribution >= 4 is 17.7 Å². The van der Waals surface area contributed by atoms with Crippen LogP contribution < -0.4 is 25.8 Å². The van der Waals surface area contributed by atoms with E-state index in [9.17, 15) is 24.7 Å². The maximum absolute atomic E-state index is 15.1. The summed E-state index contributed by atoms with van der Waals surface area (Å²) in [6, 6.07) is 10.9. The lowest BCUT2D eigenvalue weighted by atomic mass is 10.00. The lowest BCUT2D eigenvalue weighted by Crippen LogP contribution is -2.41. The maximum Gasteiger partial charge on any atom is 0.414 e. The third-order valence-corrected chi connectivity index (χ3v) is 6.32. The fourth-order valence-electron chi connectivity index (χ4n) is 4.28. The number of amides is 2. The first-order valence-electron chi connectivity index (χ1n) is 12.0. The molecule has 1 aliphatic rings. The topological polar surface area (TPSA) is 148 Å². The minimum absolute atomic E-state index is 0.162. The Bertz CT molecular complexity index is 1390. The molecule has 1 aromatic heterocycles. The van der Waals surface area contributed by atoms with Crippen LogP contribution in [0.4, 0.5) is 14.9 Å². The van der Waals surface area contributed by atoms with Crippen LogP contribution in [0, 0.1) is 12.7 Å². The minimum atomic E-state index is -0.609. The van der Waals surface area contributed by atoms with Gasteiger partial charge in [-0.1, -0.05) is 24.3 Å². The van der Waals surface area contributed by atoms with Crippen LogP contribution in [0.5, 0.6) is 0 Å². The third kappa shape index (κ3) is 5.98. The van der Waals surface area contributed by atoms with E-state index in [1.165, 1.54) is 17.9 Å². The fourth-order valence-corrected chi connectivity index (χ4v) is 4.28. The van der Waals surface area contributed by atoms with Crippen LogP contribution in [-0.2, 0) is 16.1 Å². The smallest absolute Gasteiger partial charge is 0.414 e. The van der Waals surface area contributed by atoms with Gasteiger partial charge in [0.15, 0.2) is 0 Å². The quantitative estimate of drug-likeness (QED) is 0.209. The van der Waals surface area contributed by atoms with Crippen LogP contribution in [0.3, 0.4) is 0 Å². The van der Waals surface area contributed by atoms with Crippen molar-refractivity contribution in [2.45, 2.75) is 32.5 Å². The Balaban J connectivity index is 1.44. The average Bonchev–Trinajstić information content (AvgIpc) is 3.25. The van der Waals surface area contributed by atoms with Gasteiger partial charge >= 0.3 is 6.09 Å². The number of ether oxygens (including phenoxy) is 1. The number of aromatic nitrogens is 2. The number of H-pyrrole nitrogens is 1. The van der Waals surface area contributed by atoms with Crippen LogP contribution in [0.15, 0.2) is 53.5 Å². The number of aromatic amines is 1. The Morgan fingerprint density at radius 2 is 2.00 bits per heavy atom. The summed E-state index contributed by atoms with van der Waals surface area (Å²) < 4.78 is 20.3. The molecule has 1 aliphatic heterocycles. The molecular formula is C26H29FN5O6+. The Kier molecular flexibility index (Phi) is 8.03. The van der Waals surface area contributed by atoms with Crippen LogP contribution >= 0.6 is 0 Å². The Morgan fingerprint density at radius 1 is 1.26 bits per heavy atom. The molecule has 11 nitrogen and oxygen atoms in total. The van der Waals surface area contributed by atoms with E-state index in [1.807, 2.05) is 0 Å². The summed E-state index contributed by atoms with van der Waals surface area (Å²) in [7, 11) is 0. The zero-order chi connectivity index (χ0) is 27.4. The minimum Gasteiger partial charge on any atom is -0.442 e. The number of aryl methyl sites for hydroxylation is 1. The van der Waals surface area contributed by atoms with Crippen molar-refractivity contribution in [1.82, 2.24) is 15.7 Å². The summed E-state index contributed by atoms with van der Waals surface area (Å²) in [5.41, 5.74) is 2.58. The van der Waals surface area contributed by atoms with Gasteiger partial charge in [-0.15, -0.1) is 5.10 Å². The summed E-state index contributed by atoms with van der Waals surface area (Å²) in [5.74, 6) is -0.756. The maximum atomic E-state index is 15.1. The molecule has 12 heteroatoms. The number of carbonyl (C=O) groups excluding carboxylic acids is 2. The molecule has 38 heavy (non-hydrogen) atoms. The van der Waals surface area contributed by atoms with Crippen molar-refractivity contribution in [2.75, 3.05) is 24.6 Å². The second kappa shape index (κ2) is 11.4. The molecule has 2 amide bonds. The van der Waals surface area contributed by atoms with Gasteiger partial charge in [-0.25, -0.2) is 9.18 Å². The first-order valence-corrected chi connectivity index (χ1v) is 12.0. The number of hydrogen-bond acceptors (Lipinski definition) is 7. The van der Waals surface area contributed by atoms with Crippen LogP contribution in [0.2, 0.25) is 0 Å². The molecule has 0 radical (unpaired) electrons. The average molecular weight is 527 g/mol. The molecule has 5 N–H and O–H groups in total. The number of anilines is 1. The number of nitrogens with one attached hydrogen (secondary N) is 3. The number of halogens is 1. The highest BCUT2D eigenvalue weighted by Gasteiger charge is 2.32. The molecule has 0 spiro atoms. The SMILES string of the molecule is CC(=O)NC[C@H]1CN(c2ccc(-c3ccc([C@H](CO)NCc4c(C)[nH][n+](O)cc4=O)cc3)c(F)c2)C(=O)O1. The molecule has 2 atom stereocenters. The number of aliphatic hydroxyl groups is 1. The number of cyclic esters (lactones) is 1. The monoisotopic (exact) mass is 526 g/mol. The molecule has 0 unspecified atom stereocenters. The molecule has 1 fully saturated rings. The van der Waals surface area contributed by atoms with Gasteiger partial charge in [-0.05, 0) is 36.2 Å². The van der Waals surface area contributed by atoms with Crippen molar-refractivity contribution in [2.24, 2.45) is 0 Å². The summed E-state index contributed by atoms with van der Waals surface area (Å²) in [5, 5.41) is 27.7. The second-order valence-corrected chi connectivity index (χ2v) is 9.01. The molecule has 0 bridgehead atoms. The van der Waals surface area contributed by atoms with Gasteiger partial charge in [-0.2, -0.15) is 0 Å². The first-order chi connectivity index (χ1) is 18.2. The number of nitrogens with zero attached hydrogens (tertiary/aromatic N) is 2. The van der Waals surface area contributed by atoms with Crippen LogP contribution in [-0.4, -0.2) is 53.2 Å². The highest BCUT2D eigenvalue weighted by Crippen LogP contribution is 2.30. The lowest BCUT2D eigenvalue weighted by Gasteiger charge is -2.18. The largest absolute Gasteiger partial charge is 0.442 e. The van der Waals surface area contributed by atoms with Gasteiger partial charge in [-0.3, -0.25) is 19.7 Å². The molecule has 200 valence electrons. The van der Waals surface area contributed by atoms with E-state index < -0.39 is 24.1 Å². The number of carbonyl (C=O) groups is 2. The van der Waals surface area contributed by atoms with E-state index in [0.29, 0.717) is 32.9 Å². The number of hydrogen-bond donors (Lipinski definition) is 5. The van der Waals surface area contributed by atoms with Gasteiger partial charge in [0.05, 0.1) is 42.0 Å². The van der Waals surface area contributed by atoms with Crippen LogP contribution in [0.1, 0.15) is 29.8 Å². The normalized spacial score (nSPS) is 15.8. The van der Waals surface area contributed by atoms with Gasteiger partial charge in [0.2, 0.25) is 5.91 Å². The summed E-state index contributed by atoms with van der Waals surface area (Å²) in [6.45, 7) is 3.33. The Morgan fingerprint density at radius 3 is 2.63 bits per heavy atom. The molecule has 2 heterocycles. The predicted molar refractivity (Wildman–Crippen MR) is 134 cm³/mol. The van der Waals surface area contributed by atoms with Gasteiger partial charge in [0.25, 0.3) is 11.6 Å². The zero-order valence-corrected chi connectivity index (χ0v) is 20.9. The first kappa shape index (κ1) is 26.8. The van der Waals surface area contributed by atoms with Crippen molar-refractivity contribution in [3.63, 3.8) is 0 Å². The molecule has 0 saturated carbocycles. The zero-order valence-electron chi connectivity index (χ0n) is 20.9. The van der Waals surface area contributed by atoms with Gasteiger partial charge in [0, 0.05) is 24.6 Å². The summed E-state index contributed by atoms with van der Waals surface area (Å²) >= 11 is 0. The fraction of sp³-hybridized carbons (Fsp3) is 0.308. The van der Waals surface area contributed by atoms with E-state index in [1.54, 1.807) is 43.3 Å². The highest BCUT2D eigenvalue weighted by atomic mass is 19.1. The van der Waals surface area contributed by atoms with Gasteiger partial charge in [0.1, 0.15) is 11.9 Å². The van der Waals surface area contributed by atoms with E-state index in [4.69, 9.17) is 4.74 Å². The Hall–Kier alpha value is -4.29. The van der Waals surface area contributed by atoms with Crippen molar-refractivity contribution in [3.05, 3.63) is 81.5 Å². The van der Waals surface area contributed by atoms with Crippen LogP contribution in [0.25, 0.3) is 11.1 Å². The molecular weight excluding hydrogens is 497 g/mol. The molecule has 3 aromatic rings. The molecule has 4 rings (SSSR count). The molecule has 0 aliphatic carbocycles. The number of aliphatic hydroxyl groups excluding tert-OH is 1. The highest BCUT2D eigenvalue weighted by molar-refractivity contribution is 5.90. The van der Waals surface area contributed by atoms with Crippen molar-refractivity contribution in [1.29, 1.82) is 0 Å². The lowest BCUT2D eigenvalue weighted by molar-refractivity contribution is -0.949. The predicted octanol–water partition coefficient (Wildman–Crippen LogP) is 1.30. The van der Waals surface area contributed by atoms with Crippen molar-refractivity contribution in [3.8, 4) is 11.1 Å². The number of benzene rings is 2. The standard InChI is InChI=1S/C26H28FN5O6/c1-15-22(25(35)13-32(37)30-15)11-29-24(14-33)18-5-3-17(4-6-18)21-8-7-19(9-23(21)27)31-12-20(38-26(31)36)10-28-16(2)34/h3-9,13,20,24,29,33H,10-12,14H2,1-2H3,(H2-,28,30,34,35,37)/p+1/t20-,24-/m0/s1. The van der Waals surface area contributed by atoms with E-state index in [0.717, 1.165) is 11.8 Å². The second-order valence-electron chi connectivity index (χ2n) is 9.01. The van der Waals surface area contributed by atoms with E-state index in [-0.39, 0.29) is 37.6 Å². The van der Waals surface area contributed by atoms with Gasteiger partial charge < -0.3 is 20.5 Å². The van der Waals surface area contributed by atoms with E-state index in [2.05, 4.69) is 15.7 Å². The third-order valence-electron chi connectivity index (χ3n) is 6.32. The molecule has 1 saturated heterocycles. The van der Waals surface area contributed by atoms with Crippen molar-refractivity contribution < 1.29 is 33.9 Å². The summed E-state index contributed by atoms with van der Waals surface area (Å²) in [6.07, 6.45) is -0.115. The summed E-state index contributed by atoms with van der Waals surface area (Å²) in [4.78, 5) is 37.4.